The topological polar surface area (TPSA) is 66.0 Å². The number of methoxy groups -OCH3 is 2. The molecule has 1 aliphatic heterocycles. The highest BCUT2D eigenvalue weighted by Gasteiger charge is 2.16. The van der Waals surface area contributed by atoms with Crippen LogP contribution >= 0.6 is 0 Å². The van der Waals surface area contributed by atoms with Crippen LogP contribution in [0.1, 0.15) is 28.8 Å². The second-order valence-corrected chi connectivity index (χ2v) is 6.34. The average Bonchev–Trinajstić information content (AvgIpc) is 3.24. The van der Waals surface area contributed by atoms with Crippen molar-refractivity contribution in [3.63, 3.8) is 0 Å². The summed E-state index contributed by atoms with van der Waals surface area (Å²) in [5.74, 6) is 1.75. The van der Waals surface area contributed by atoms with Crippen molar-refractivity contribution in [1.82, 2.24) is 5.32 Å². The Balaban J connectivity index is 1.51. The van der Waals surface area contributed by atoms with E-state index in [1.54, 1.807) is 32.4 Å². The zero-order chi connectivity index (χ0) is 19.1. The monoisotopic (exact) mass is 371 g/mol. The molecule has 1 N–H and O–H groups in total. The lowest BCUT2D eigenvalue weighted by atomic mass is 10.1. The van der Waals surface area contributed by atoms with Crippen molar-refractivity contribution in [3.05, 3.63) is 53.6 Å². The van der Waals surface area contributed by atoms with Crippen LogP contribution in [0.2, 0.25) is 0 Å². The molecule has 2 aromatic rings. The molecule has 1 aliphatic rings. The molecular weight excluding hydrogens is 346 g/mol. The third-order valence-electron chi connectivity index (χ3n) is 4.48. The van der Waals surface area contributed by atoms with Crippen molar-refractivity contribution in [1.29, 1.82) is 0 Å². The van der Waals surface area contributed by atoms with E-state index >= 15 is 0 Å². The van der Waals surface area contributed by atoms with E-state index in [0.717, 1.165) is 30.8 Å². The molecule has 0 aromatic heterocycles. The van der Waals surface area contributed by atoms with Gasteiger partial charge >= 0.3 is 0 Å². The maximum absolute atomic E-state index is 12.4. The first-order valence-corrected chi connectivity index (χ1v) is 9.03. The highest BCUT2D eigenvalue weighted by molar-refractivity contribution is 5.94. The first-order valence-electron chi connectivity index (χ1n) is 9.03. The number of nitrogens with one attached hydrogen (secondary N) is 1. The number of amides is 1. The zero-order valence-electron chi connectivity index (χ0n) is 15.7. The molecule has 144 valence electrons. The lowest BCUT2D eigenvalue weighted by Gasteiger charge is -2.12. The summed E-state index contributed by atoms with van der Waals surface area (Å²) in [5, 5.41) is 2.90. The molecule has 1 saturated heterocycles. The average molecular weight is 371 g/mol. The summed E-state index contributed by atoms with van der Waals surface area (Å²) < 4.78 is 21.7. The van der Waals surface area contributed by atoms with Crippen molar-refractivity contribution in [3.8, 4) is 17.2 Å². The Morgan fingerprint density at radius 3 is 2.56 bits per heavy atom. The van der Waals surface area contributed by atoms with Crippen molar-refractivity contribution >= 4 is 5.91 Å². The molecule has 1 heterocycles. The molecule has 6 heteroatoms. The third kappa shape index (κ3) is 5.14. The standard InChI is InChI=1S/C21H25NO5/c1-24-19-10-7-16(12-20(19)25-2)21(23)22-13-15-5-8-17(9-6-15)27-14-18-4-3-11-26-18/h5-10,12,18H,3-4,11,13-14H2,1-2H3,(H,22,23). The molecule has 0 bridgehead atoms. The molecule has 0 saturated carbocycles. The van der Waals surface area contributed by atoms with Gasteiger partial charge in [-0.3, -0.25) is 4.79 Å². The normalized spacial score (nSPS) is 16.0. The summed E-state index contributed by atoms with van der Waals surface area (Å²) in [7, 11) is 3.10. The lowest BCUT2D eigenvalue weighted by Crippen LogP contribution is -2.22. The van der Waals surface area contributed by atoms with Gasteiger partial charge in [0.15, 0.2) is 11.5 Å². The summed E-state index contributed by atoms with van der Waals surface area (Å²) in [6, 6.07) is 12.8. The number of carbonyl (C=O) groups excluding carboxylic acids is 1. The van der Waals surface area contributed by atoms with Crippen LogP contribution < -0.4 is 19.5 Å². The predicted octanol–water partition coefficient (Wildman–Crippen LogP) is 3.19. The molecule has 1 fully saturated rings. The Kier molecular flexibility index (Phi) is 6.54. The Hall–Kier alpha value is -2.73. The van der Waals surface area contributed by atoms with Gasteiger partial charge in [-0.2, -0.15) is 0 Å². The minimum atomic E-state index is -0.172. The zero-order valence-corrected chi connectivity index (χ0v) is 15.7. The summed E-state index contributed by atoms with van der Waals surface area (Å²) in [6.45, 7) is 1.83. The van der Waals surface area contributed by atoms with Crippen molar-refractivity contribution in [2.45, 2.75) is 25.5 Å². The van der Waals surface area contributed by atoms with Gasteiger partial charge < -0.3 is 24.3 Å². The third-order valence-corrected chi connectivity index (χ3v) is 4.48. The smallest absolute Gasteiger partial charge is 0.251 e. The largest absolute Gasteiger partial charge is 0.493 e. The van der Waals surface area contributed by atoms with Crippen LogP contribution in [0, 0.1) is 0 Å². The molecule has 6 nitrogen and oxygen atoms in total. The molecule has 1 atom stereocenters. The first-order chi connectivity index (χ1) is 13.2. The fourth-order valence-electron chi connectivity index (χ4n) is 2.93. The van der Waals surface area contributed by atoms with E-state index in [0.29, 0.717) is 30.2 Å². The SMILES string of the molecule is COc1ccc(C(=O)NCc2ccc(OCC3CCCO3)cc2)cc1OC. The van der Waals surface area contributed by atoms with Gasteiger partial charge in [0.05, 0.1) is 20.3 Å². The van der Waals surface area contributed by atoms with Gasteiger partial charge in [-0.15, -0.1) is 0 Å². The van der Waals surface area contributed by atoms with E-state index < -0.39 is 0 Å². The fourth-order valence-corrected chi connectivity index (χ4v) is 2.93. The van der Waals surface area contributed by atoms with Crippen LogP contribution in [0.15, 0.2) is 42.5 Å². The second-order valence-electron chi connectivity index (χ2n) is 6.34. The van der Waals surface area contributed by atoms with Gasteiger partial charge in [-0.1, -0.05) is 12.1 Å². The van der Waals surface area contributed by atoms with Crippen molar-refractivity contribution in [2.24, 2.45) is 0 Å². The molecule has 0 radical (unpaired) electrons. The molecular formula is C21H25NO5. The fraction of sp³-hybridized carbons (Fsp3) is 0.381. The Morgan fingerprint density at radius 1 is 1.11 bits per heavy atom. The Labute approximate surface area is 159 Å². The minimum Gasteiger partial charge on any atom is -0.493 e. The number of hydrogen-bond acceptors (Lipinski definition) is 5. The minimum absolute atomic E-state index is 0.172. The van der Waals surface area contributed by atoms with E-state index in [2.05, 4.69) is 5.32 Å². The number of benzene rings is 2. The molecule has 0 aliphatic carbocycles. The number of ether oxygens (including phenoxy) is 4. The van der Waals surface area contributed by atoms with E-state index in [1.807, 2.05) is 24.3 Å². The highest BCUT2D eigenvalue weighted by atomic mass is 16.5. The Bertz CT molecular complexity index is 754. The first kappa shape index (κ1) is 19.0. The van der Waals surface area contributed by atoms with Crippen LogP contribution in [0.3, 0.4) is 0 Å². The van der Waals surface area contributed by atoms with Crippen molar-refractivity contribution < 1.29 is 23.7 Å². The van der Waals surface area contributed by atoms with Crippen LogP contribution in [0.4, 0.5) is 0 Å². The summed E-state index contributed by atoms with van der Waals surface area (Å²) in [5.41, 5.74) is 1.51. The van der Waals surface area contributed by atoms with Crippen molar-refractivity contribution in [2.75, 3.05) is 27.4 Å². The second kappa shape index (κ2) is 9.28. The Morgan fingerprint density at radius 2 is 1.89 bits per heavy atom. The van der Waals surface area contributed by atoms with Gasteiger partial charge in [0.25, 0.3) is 5.91 Å². The van der Waals surface area contributed by atoms with Gasteiger partial charge in [0.2, 0.25) is 0 Å². The summed E-state index contributed by atoms with van der Waals surface area (Å²) >= 11 is 0. The van der Waals surface area contributed by atoms with Crippen LogP contribution in [0.5, 0.6) is 17.2 Å². The van der Waals surface area contributed by atoms with Crippen LogP contribution in [-0.4, -0.2) is 39.4 Å². The number of hydrogen-bond donors (Lipinski definition) is 1. The van der Waals surface area contributed by atoms with Crippen LogP contribution in [-0.2, 0) is 11.3 Å². The highest BCUT2D eigenvalue weighted by Crippen LogP contribution is 2.27. The number of rotatable bonds is 8. The number of carbonyl (C=O) groups is 1. The summed E-state index contributed by atoms with van der Waals surface area (Å²) in [6.07, 6.45) is 2.36. The lowest BCUT2D eigenvalue weighted by molar-refractivity contribution is 0.0679. The van der Waals surface area contributed by atoms with E-state index in [9.17, 15) is 4.79 Å². The van der Waals surface area contributed by atoms with E-state index in [1.165, 1.54) is 0 Å². The molecule has 3 rings (SSSR count). The predicted molar refractivity (Wildman–Crippen MR) is 102 cm³/mol. The van der Waals surface area contributed by atoms with Gasteiger partial charge in [-0.05, 0) is 48.7 Å². The maximum Gasteiger partial charge on any atom is 0.251 e. The van der Waals surface area contributed by atoms with E-state index in [-0.39, 0.29) is 12.0 Å². The molecule has 0 spiro atoms. The quantitative estimate of drug-likeness (QED) is 0.772. The summed E-state index contributed by atoms with van der Waals surface area (Å²) in [4.78, 5) is 12.4. The molecule has 1 amide bonds. The van der Waals surface area contributed by atoms with Gasteiger partial charge in [-0.25, -0.2) is 0 Å². The molecule has 1 unspecified atom stereocenters. The molecule has 27 heavy (non-hydrogen) atoms. The molecule has 2 aromatic carbocycles. The van der Waals surface area contributed by atoms with Gasteiger partial charge in [0.1, 0.15) is 12.4 Å². The van der Waals surface area contributed by atoms with Crippen LogP contribution in [0.25, 0.3) is 0 Å². The maximum atomic E-state index is 12.4. The van der Waals surface area contributed by atoms with E-state index in [4.69, 9.17) is 18.9 Å². The van der Waals surface area contributed by atoms with Gasteiger partial charge in [0, 0.05) is 18.7 Å².